The summed E-state index contributed by atoms with van der Waals surface area (Å²) in [6.45, 7) is 0. The van der Waals surface area contributed by atoms with Crippen LogP contribution in [-0.2, 0) is 5.54 Å². The first-order valence-electron chi connectivity index (χ1n) is 7.28. The van der Waals surface area contributed by atoms with E-state index in [9.17, 15) is 4.39 Å². The van der Waals surface area contributed by atoms with Crippen molar-refractivity contribution in [3.05, 3.63) is 34.6 Å². The van der Waals surface area contributed by atoms with Gasteiger partial charge in [0.1, 0.15) is 5.82 Å². The second-order valence-corrected chi connectivity index (χ2v) is 6.96. The molecular formula is C16H21ClFN. The largest absolute Gasteiger partial charge is 0.321 e. The summed E-state index contributed by atoms with van der Waals surface area (Å²) in [6, 6.07) is 4.61. The third-order valence-electron chi connectivity index (χ3n) is 5.01. The van der Waals surface area contributed by atoms with E-state index < -0.39 is 0 Å². The van der Waals surface area contributed by atoms with Crippen molar-refractivity contribution < 1.29 is 4.39 Å². The lowest BCUT2D eigenvalue weighted by Crippen LogP contribution is -2.55. The number of benzene rings is 1. The van der Waals surface area contributed by atoms with Crippen molar-refractivity contribution in [2.75, 3.05) is 0 Å². The highest BCUT2D eigenvalue weighted by Crippen LogP contribution is 2.59. The minimum absolute atomic E-state index is 0.291. The molecule has 1 nitrogen and oxygen atoms in total. The molecule has 0 amide bonds. The molecule has 2 aliphatic rings. The average molecular weight is 282 g/mol. The quantitative estimate of drug-likeness (QED) is 0.788. The normalized spacial score (nSPS) is 24.8. The third-order valence-corrected chi connectivity index (χ3v) is 5.33. The summed E-state index contributed by atoms with van der Waals surface area (Å²) >= 11 is 6.17. The Labute approximate surface area is 119 Å². The summed E-state index contributed by atoms with van der Waals surface area (Å²) in [5.74, 6) is -0.291. The molecule has 0 aliphatic heterocycles. The van der Waals surface area contributed by atoms with E-state index in [1.165, 1.54) is 50.7 Å². The van der Waals surface area contributed by atoms with Crippen molar-refractivity contribution in [3.63, 3.8) is 0 Å². The minimum atomic E-state index is -0.338. The van der Waals surface area contributed by atoms with Crippen LogP contribution in [0.25, 0.3) is 0 Å². The van der Waals surface area contributed by atoms with Crippen molar-refractivity contribution in [1.29, 1.82) is 0 Å². The van der Waals surface area contributed by atoms with Gasteiger partial charge in [-0.15, -0.1) is 0 Å². The molecule has 0 bridgehead atoms. The molecule has 0 saturated heterocycles. The molecule has 104 valence electrons. The van der Waals surface area contributed by atoms with Gasteiger partial charge >= 0.3 is 0 Å². The lowest BCUT2D eigenvalue weighted by Gasteiger charge is -2.55. The Kier molecular flexibility index (Phi) is 3.34. The van der Waals surface area contributed by atoms with Gasteiger partial charge in [-0.05, 0) is 48.8 Å². The fourth-order valence-electron chi connectivity index (χ4n) is 4.20. The second-order valence-electron chi connectivity index (χ2n) is 6.55. The summed E-state index contributed by atoms with van der Waals surface area (Å²) in [7, 11) is 0. The van der Waals surface area contributed by atoms with E-state index in [4.69, 9.17) is 17.3 Å². The van der Waals surface area contributed by atoms with Gasteiger partial charge in [0.15, 0.2) is 0 Å². The average Bonchev–Trinajstić information content (AvgIpc) is 2.53. The van der Waals surface area contributed by atoms with Crippen molar-refractivity contribution in [2.45, 2.75) is 56.9 Å². The number of hydrogen-bond donors (Lipinski definition) is 1. The molecule has 1 spiro atoms. The molecule has 2 saturated carbocycles. The van der Waals surface area contributed by atoms with Crippen LogP contribution in [0.2, 0.25) is 5.02 Å². The van der Waals surface area contributed by atoms with Crippen LogP contribution in [0.3, 0.4) is 0 Å². The zero-order chi connectivity index (χ0) is 13.5. The predicted octanol–water partition coefficient (Wildman–Crippen LogP) is 4.77. The predicted molar refractivity (Wildman–Crippen MR) is 76.6 cm³/mol. The summed E-state index contributed by atoms with van der Waals surface area (Å²) in [5.41, 5.74) is 7.54. The molecule has 2 fully saturated rings. The molecule has 0 atom stereocenters. The number of halogens is 2. The van der Waals surface area contributed by atoms with E-state index in [1.807, 2.05) is 0 Å². The molecule has 0 heterocycles. The van der Waals surface area contributed by atoms with Gasteiger partial charge in [-0.1, -0.05) is 43.4 Å². The van der Waals surface area contributed by atoms with Crippen LogP contribution in [0.1, 0.15) is 56.9 Å². The molecule has 2 aliphatic carbocycles. The van der Waals surface area contributed by atoms with Gasteiger partial charge in [0, 0.05) is 10.6 Å². The molecule has 3 rings (SSSR count). The van der Waals surface area contributed by atoms with E-state index in [2.05, 4.69) is 0 Å². The molecule has 19 heavy (non-hydrogen) atoms. The van der Waals surface area contributed by atoms with E-state index in [-0.39, 0.29) is 11.4 Å². The standard InChI is InChI=1S/C16H21ClFN/c17-14-9-12(18)5-6-13(14)16(19)10-15(11-16)7-3-1-2-4-8-15/h5-6,9H,1-4,7-8,10-11,19H2. The maximum atomic E-state index is 13.1. The van der Waals surface area contributed by atoms with Crippen LogP contribution in [0.5, 0.6) is 0 Å². The van der Waals surface area contributed by atoms with E-state index in [0.29, 0.717) is 10.4 Å². The van der Waals surface area contributed by atoms with Crippen molar-refractivity contribution in [2.24, 2.45) is 11.1 Å². The Morgan fingerprint density at radius 1 is 1.05 bits per heavy atom. The summed E-state index contributed by atoms with van der Waals surface area (Å²) in [5, 5.41) is 0.478. The Morgan fingerprint density at radius 2 is 1.68 bits per heavy atom. The molecule has 1 aromatic rings. The lowest BCUT2D eigenvalue weighted by atomic mass is 9.52. The molecule has 0 unspecified atom stereocenters. The molecule has 0 radical (unpaired) electrons. The Hall–Kier alpha value is -0.600. The van der Waals surface area contributed by atoms with Gasteiger partial charge in [-0.25, -0.2) is 4.39 Å². The fraction of sp³-hybridized carbons (Fsp3) is 0.625. The fourth-order valence-corrected chi connectivity index (χ4v) is 4.56. The topological polar surface area (TPSA) is 26.0 Å². The summed E-state index contributed by atoms with van der Waals surface area (Å²) in [6.07, 6.45) is 9.97. The highest BCUT2D eigenvalue weighted by molar-refractivity contribution is 6.31. The van der Waals surface area contributed by atoms with E-state index in [1.54, 1.807) is 6.07 Å². The van der Waals surface area contributed by atoms with Crippen LogP contribution in [0.4, 0.5) is 4.39 Å². The number of hydrogen-bond acceptors (Lipinski definition) is 1. The van der Waals surface area contributed by atoms with Crippen molar-refractivity contribution in [1.82, 2.24) is 0 Å². The Balaban J connectivity index is 1.79. The van der Waals surface area contributed by atoms with E-state index in [0.717, 1.165) is 18.4 Å². The zero-order valence-corrected chi connectivity index (χ0v) is 12.0. The first kappa shape index (κ1) is 13.4. The molecule has 1 aromatic carbocycles. The maximum Gasteiger partial charge on any atom is 0.124 e. The van der Waals surface area contributed by atoms with Crippen LogP contribution < -0.4 is 5.73 Å². The molecule has 3 heteroatoms. The maximum absolute atomic E-state index is 13.1. The second kappa shape index (κ2) is 4.75. The van der Waals surface area contributed by atoms with Crippen LogP contribution in [0.15, 0.2) is 18.2 Å². The first-order valence-corrected chi connectivity index (χ1v) is 7.65. The molecule has 0 aromatic heterocycles. The number of rotatable bonds is 1. The smallest absolute Gasteiger partial charge is 0.124 e. The highest BCUT2D eigenvalue weighted by atomic mass is 35.5. The third kappa shape index (κ3) is 2.41. The van der Waals surface area contributed by atoms with Gasteiger partial charge < -0.3 is 5.73 Å². The minimum Gasteiger partial charge on any atom is -0.321 e. The van der Waals surface area contributed by atoms with Gasteiger partial charge in [0.2, 0.25) is 0 Å². The van der Waals surface area contributed by atoms with Crippen LogP contribution in [-0.4, -0.2) is 0 Å². The van der Waals surface area contributed by atoms with Crippen molar-refractivity contribution >= 4 is 11.6 Å². The summed E-state index contributed by atoms with van der Waals surface area (Å²) in [4.78, 5) is 0. The van der Waals surface area contributed by atoms with Crippen LogP contribution in [0, 0.1) is 11.2 Å². The number of nitrogens with two attached hydrogens (primary N) is 1. The monoisotopic (exact) mass is 281 g/mol. The van der Waals surface area contributed by atoms with Crippen LogP contribution >= 0.6 is 11.6 Å². The Bertz CT molecular complexity index is 470. The molecular weight excluding hydrogens is 261 g/mol. The summed E-state index contributed by atoms with van der Waals surface area (Å²) < 4.78 is 13.1. The van der Waals surface area contributed by atoms with Gasteiger partial charge in [-0.3, -0.25) is 0 Å². The Morgan fingerprint density at radius 3 is 2.26 bits per heavy atom. The van der Waals surface area contributed by atoms with E-state index >= 15 is 0 Å². The SMILES string of the molecule is NC1(c2ccc(F)cc2Cl)CC2(CCCCCC2)C1. The highest BCUT2D eigenvalue weighted by Gasteiger charge is 2.53. The lowest BCUT2D eigenvalue weighted by molar-refractivity contribution is 0.00967. The molecule has 2 N–H and O–H groups in total. The first-order chi connectivity index (χ1) is 9.03. The van der Waals surface area contributed by atoms with Crippen molar-refractivity contribution in [3.8, 4) is 0 Å². The van der Waals surface area contributed by atoms with Gasteiger partial charge in [-0.2, -0.15) is 0 Å². The van der Waals surface area contributed by atoms with Gasteiger partial charge in [0.25, 0.3) is 0 Å². The zero-order valence-electron chi connectivity index (χ0n) is 11.2. The van der Waals surface area contributed by atoms with Gasteiger partial charge in [0.05, 0.1) is 0 Å².